The van der Waals surface area contributed by atoms with E-state index < -0.39 is 0 Å². The summed E-state index contributed by atoms with van der Waals surface area (Å²) in [4.78, 5) is 10.3. The predicted octanol–water partition coefficient (Wildman–Crippen LogP) is 7.59. The number of nitrogens with zero attached hydrogens (tertiary/aromatic N) is 3. The number of imidazole rings is 1. The van der Waals surface area contributed by atoms with Gasteiger partial charge in [0, 0.05) is 28.4 Å². The first-order chi connectivity index (χ1) is 13.8. The van der Waals surface area contributed by atoms with E-state index in [2.05, 4.69) is 98.9 Å². The van der Waals surface area contributed by atoms with Gasteiger partial charge in [-0.3, -0.25) is 4.98 Å². The Hall–Kier alpha value is -2.16. The van der Waals surface area contributed by atoms with Crippen LogP contribution in [0.15, 0.2) is 18.2 Å². The molecular weight excluding hydrogens is 366 g/mol. The molecule has 3 aromatic rings. The van der Waals surface area contributed by atoms with E-state index >= 15 is 0 Å². The molecule has 0 fully saturated rings. The summed E-state index contributed by atoms with van der Waals surface area (Å²) in [7, 11) is 0. The van der Waals surface area contributed by atoms with Crippen molar-refractivity contribution in [2.75, 3.05) is 0 Å². The molecule has 3 nitrogen and oxygen atoms in total. The van der Waals surface area contributed by atoms with Gasteiger partial charge < -0.3 is 4.57 Å². The highest BCUT2D eigenvalue weighted by Gasteiger charge is 2.30. The fourth-order valence-electron chi connectivity index (χ4n) is 4.11. The van der Waals surface area contributed by atoms with Crippen LogP contribution in [0.3, 0.4) is 0 Å². The zero-order valence-corrected chi connectivity index (χ0v) is 20.9. The van der Waals surface area contributed by atoms with Crippen LogP contribution in [0.1, 0.15) is 95.9 Å². The Kier molecular flexibility index (Phi) is 5.64. The van der Waals surface area contributed by atoms with Crippen molar-refractivity contribution in [3.05, 3.63) is 46.3 Å². The minimum atomic E-state index is 0.00820. The maximum Gasteiger partial charge on any atom is 0.143 e. The molecule has 2 aromatic heterocycles. The Balaban J connectivity index is 2.46. The molecule has 0 aliphatic carbocycles. The molecular formula is C27H39N3. The lowest BCUT2D eigenvalue weighted by molar-refractivity contribution is 0.498. The molecule has 0 unspecified atom stereocenters. The molecule has 0 atom stereocenters. The third-order valence-corrected chi connectivity index (χ3v) is 6.63. The second-order valence-corrected chi connectivity index (χ2v) is 10.8. The summed E-state index contributed by atoms with van der Waals surface area (Å²) < 4.78 is 2.40. The highest BCUT2D eigenvalue weighted by molar-refractivity contribution is 5.84. The third kappa shape index (κ3) is 3.79. The fourth-order valence-corrected chi connectivity index (χ4v) is 4.11. The number of fused-ring (bicyclic) bond motifs is 1. The molecule has 0 aliphatic heterocycles. The molecule has 0 N–H and O–H groups in total. The number of pyridine rings is 1. The highest BCUT2D eigenvalue weighted by atomic mass is 15.1. The van der Waals surface area contributed by atoms with Crippen molar-refractivity contribution in [3.8, 4) is 11.4 Å². The average molecular weight is 406 g/mol. The Labute approximate surface area is 183 Å². The van der Waals surface area contributed by atoms with Crippen LogP contribution in [-0.4, -0.2) is 14.5 Å². The Morgan fingerprint density at radius 1 is 0.900 bits per heavy atom. The van der Waals surface area contributed by atoms with E-state index in [1.165, 1.54) is 27.8 Å². The van der Waals surface area contributed by atoms with E-state index in [0.717, 1.165) is 29.1 Å². The molecule has 0 radical (unpaired) electrons. The standard InChI is InChI=1S/C27H39N3/c1-12-27(10,11)20-15-23(26(7,8)9)28-19(6)24(20)25-29-21-13-17(4)18(5)14-22(21)30(25)16(2)3/h13-16H,12H2,1-11H3. The molecule has 0 aliphatic rings. The first-order valence-corrected chi connectivity index (χ1v) is 11.3. The number of benzene rings is 1. The molecule has 30 heavy (non-hydrogen) atoms. The Morgan fingerprint density at radius 2 is 1.50 bits per heavy atom. The van der Waals surface area contributed by atoms with Gasteiger partial charge in [-0.05, 0) is 81.3 Å². The second kappa shape index (κ2) is 7.51. The van der Waals surface area contributed by atoms with Crippen molar-refractivity contribution in [3.63, 3.8) is 0 Å². The van der Waals surface area contributed by atoms with Crippen LogP contribution in [0, 0.1) is 20.8 Å². The van der Waals surface area contributed by atoms with Gasteiger partial charge >= 0.3 is 0 Å². The maximum absolute atomic E-state index is 5.19. The van der Waals surface area contributed by atoms with Crippen LogP contribution in [-0.2, 0) is 10.8 Å². The summed E-state index contributed by atoms with van der Waals surface area (Å²) in [5, 5.41) is 0. The molecule has 0 spiro atoms. The van der Waals surface area contributed by atoms with Gasteiger partial charge in [-0.1, -0.05) is 41.5 Å². The van der Waals surface area contributed by atoms with E-state index in [1.807, 2.05) is 0 Å². The Morgan fingerprint density at radius 3 is 2.03 bits per heavy atom. The summed E-state index contributed by atoms with van der Waals surface area (Å²) >= 11 is 0. The van der Waals surface area contributed by atoms with Gasteiger partial charge in [-0.2, -0.15) is 0 Å². The van der Waals surface area contributed by atoms with Crippen molar-refractivity contribution < 1.29 is 0 Å². The third-order valence-electron chi connectivity index (χ3n) is 6.63. The van der Waals surface area contributed by atoms with Gasteiger partial charge in [-0.15, -0.1) is 0 Å². The monoisotopic (exact) mass is 405 g/mol. The van der Waals surface area contributed by atoms with Gasteiger partial charge in [0.05, 0.1) is 11.0 Å². The molecule has 3 rings (SSSR count). The molecule has 0 amide bonds. The largest absolute Gasteiger partial charge is 0.321 e. The molecule has 1 aromatic carbocycles. The summed E-state index contributed by atoms with van der Waals surface area (Å²) in [6.45, 7) is 24.7. The summed E-state index contributed by atoms with van der Waals surface area (Å²) in [5.74, 6) is 1.05. The SMILES string of the molecule is CCC(C)(C)c1cc(C(C)(C)C)nc(C)c1-c1nc2cc(C)c(C)cc2n1C(C)C. The van der Waals surface area contributed by atoms with Gasteiger partial charge in [0.15, 0.2) is 0 Å². The van der Waals surface area contributed by atoms with Gasteiger partial charge in [0.2, 0.25) is 0 Å². The van der Waals surface area contributed by atoms with Crippen molar-refractivity contribution in [1.29, 1.82) is 0 Å². The lowest BCUT2D eigenvalue weighted by Crippen LogP contribution is -2.23. The average Bonchev–Trinajstić information content (AvgIpc) is 2.98. The van der Waals surface area contributed by atoms with Crippen LogP contribution >= 0.6 is 0 Å². The normalized spacial score (nSPS) is 12.9. The topological polar surface area (TPSA) is 30.7 Å². The molecule has 2 heterocycles. The van der Waals surface area contributed by atoms with E-state index in [-0.39, 0.29) is 10.8 Å². The summed E-state index contributed by atoms with van der Waals surface area (Å²) in [6.07, 6.45) is 1.06. The molecule has 0 saturated heterocycles. The van der Waals surface area contributed by atoms with E-state index in [9.17, 15) is 0 Å². The van der Waals surface area contributed by atoms with Gasteiger partial charge in [0.1, 0.15) is 5.82 Å². The lowest BCUT2D eigenvalue weighted by Gasteiger charge is -2.30. The first-order valence-electron chi connectivity index (χ1n) is 11.3. The minimum absolute atomic E-state index is 0.00820. The summed E-state index contributed by atoms with van der Waals surface area (Å²) in [5.41, 5.74) is 9.71. The van der Waals surface area contributed by atoms with Crippen molar-refractivity contribution in [1.82, 2.24) is 14.5 Å². The molecule has 0 bridgehead atoms. The maximum atomic E-state index is 5.19. The smallest absolute Gasteiger partial charge is 0.143 e. The predicted molar refractivity (Wildman–Crippen MR) is 130 cm³/mol. The fraction of sp³-hybridized carbons (Fsp3) is 0.556. The van der Waals surface area contributed by atoms with Crippen LogP contribution in [0.25, 0.3) is 22.4 Å². The number of rotatable bonds is 4. The zero-order valence-electron chi connectivity index (χ0n) is 20.9. The highest BCUT2D eigenvalue weighted by Crippen LogP contribution is 2.41. The number of hydrogen-bond acceptors (Lipinski definition) is 2. The molecule has 0 saturated carbocycles. The van der Waals surface area contributed by atoms with E-state index in [4.69, 9.17) is 9.97 Å². The quantitative estimate of drug-likeness (QED) is 0.447. The van der Waals surface area contributed by atoms with Crippen LogP contribution < -0.4 is 0 Å². The minimum Gasteiger partial charge on any atom is -0.321 e. The molecule has 3 heteroatoms. The van der Waals surface area contributed by atoms with Gasteiger partial charge in [-0.25, -0.2) is 4.98 Å². The van der Waals surface area contributed by atoms with Crippen molar-refractivity contribution in [2.45, 2.75) is 99.5 Å². The van der Waals surface area contributed by atoms with E-state index in [1.54, 1.807) is 0 Å². The number of hydrogen-bond donors (Lipinski definition) is 0. The van der Waals surface area contributed by atoms with Crippen molar-refractivity contribution >= 4 is 11.0 Å². The van der Waals surface area contributed by atoms with Crippen LogP contribution in [0.2, 0.25) is 0 Å². The zero-order chi connectivity index (χ0) is 22.6. The van der Waals surface area contributed by atoms with Crippen LogP contribution in [0.5, 0.6) is 0 Å². The number of aryl methyl sites for hydroxylation is 3. The first kappa shape index (κ1) is 22.5. The summed E-state index contributed by atoms with van der Waals surface area (Å²) in [6, 6.07) is 7.17. The van der Waals surface area contributed by atoms with Crippen LogP contribution in [0.4, 0.5) is 0 Å². The van der Waals surface area contributed by atoms with Gasteiger partial charge in [0.25, 0.3) is 0 Å². The van der Waals surface area contributed by atoms with E-state index in [0.29, 0.717) is 6.04 Å². The lowest BCUT2D eigenvalue weighted by atomic mass is 9.77. The number of aromatic nitrogens is 3. The molecule has 162 valence electrons. The Bertz CT molecular complexity index is 1090. The second-order valence-electron chi connectivity index (χ2n) is 10.8. The van der Waals surface area contributed by atoms with Crippen molar-refractivity contribution in [2.24, 2.45) is 0 Å².